The van der Waals surface area contributed by atoms with E-state index in [1.165, 1.54) is 6.42 Å². The van der Waals surface area contributed by atoms with E-state index in [4.69, 9.17) is 14.2 Å². The monoisotopic (exact) mass is 714 g/mol. The SMILES string of the molecule is C=C[C@H]1C[N@]2CC[C@H]1C[C@H]2[C@H](O)c1ccnc2ccc(OC)cc12.CCCCC(CC)COC(=O)c1ccccc1C(=O)OCC(CC)CCCC. The number of aromatic nitrogens is 1. The van der Waals surface area contributed by atoms with Gasteiger partial charge in [-0.25, -0.2) is 9.59 Å². The van der Waals surface area contributed by atoms with Crippen molar-refractivity contribution in [1.29, 1.82) is 0 Å². The topological polar surface area (TPSA) is 98.2 Å². The standard InChI is InChI=1S/C24H38O4.C20H24N2O2/c1-5-9-13-19(7-3)17-27-23(25)21-15-11-12-16-22(21)24(26)28-18-20(8-4)14-10-6-2;1-3-13-12-22-9-7-14(13)10-19(22)20(23)16-6-8-21-18-5-4-15(24-2)11-17(16)18/h11-12,15-16,19-20H,5-10,13-14,17-18H2,1-4H3;3-6,8,11,13-14,19-20,23H,1,7,9-10,12H2,2H3/t;13-,14-,19-,20+/m.0/s1. The first kappa shape index (κ1) is 41.0. The molecule has 2 unspecified atom stereocenters. The number of carbonyl (C=O) groups excluding carboxylic acids is 2. The van der Waals surface area contributed by atoms with Crippen LogP contribution >= 0.6 is 0 Å². The zero-order chi connectivity index (χ0) is 37.5. The lowest BCUT2D eigenvalue weighted by Crippen LogP contribution is -2.54. The molecule has 2 bridgehead atoms. The molecule has 8 heteroatoms. The first-order valence-corrected chi connectivity index (χ1v) is 19.7. The highest BCUT2D eigenvalue weighted by atomic mass is 16.5. The highest BCUT2D eigenvalue weighted by Crippen LogP contribution is 2.42. The van der Waals surface area contributed by atoms with Crippen LogP contribution in [-0.2, 0) is 9.47 Å². The van der Waals surface area contributed by atoms with Crippen LogP contribution in [0, 0.1) is 23.7 Å². The maximum atomic E-state index is 12.6. The van der Waals surface area contributed by atoms with Gasteiger partial charge in [-0.1, -0.05) is 84.4 Å². The number of methoxy groups -OCH3 is 1. The molecule has 0 radical (unpaired) electrons. The highest BCUT2D eigenvalue weighted by molar-refractivity contribution is 6.03. The molecule has 3 aromatic rings. The largest absolute Gasteiger partial charge is 0.497 e. The van der Waals surface area contributed by atoms with Gasteiger partial charge >= 0.3 is 11.9 Å². The Balaban J connectivity index is 0.000000234. The van der Waals surface area contributed by atoms with Gasteiger partial charge in [-0.15, -0.1) is 6.58 Å². The zero-order valence-electron chi connectivity index (χ0n) is 32.2. The number of ether oxygens (including phenoxy) is 3. The van der Waals surface area contributed by atoms with Crippen molar-refractivity contribution in [2.24, 2.45) is 23.7 Å². The smallest absolute Gasteiger partial charge is 0.339 e. The van der Waals surface area contributed by atoms with E-state index in [9.17, 15) is 14.7 Å². The Morgan fingerprint density at radius 2 is 1.56 bits per heavy atom. The van der Waals surface area contributed by atoms with E-state index in [1.54, 1.807) is 37.6 Å². The number of carbonyl (C=O) groups is 2. The van der Waals surface area contributed by atoms with E-state index in [0.717, 1.165) is 93.1 Å². The van der Waals surface area contributed by atoms with Crippen LogP contribution in [0.4, 0.5) is 0 Å². The molecule has 0 aliphatic carbocycles. The minimum atomic E-state index is -0.504. The fourth-order valence-corrected chi connectivity index (χ4v) is 7.62. The van der Waals surface area contributed by atoms with Crippen LogP contribution in [-0.4, -0.2) is 66.4 Å². The molecule has 2 aromatic carbocycles. The van der Waals surface area contributed by atoms with Gasteiger partial charge in [0.05, 0.1) is 43.1 Å². The number of fused-ring (bicyclic) bond motifs is 4. The normalized spacial score (nSPS) is 21.0. The molecule has 52 heavy (non-hydrogen) atoms. The van der Waals surface area contributed by atoms with Gasteiger partial charge in [0.1, 0.15) is 5.75 Å². The maximum absolute atomic E-state index is 12.6. The van der Waals surface area contributed by atoms with Crippen molar-refractivity contribution in [2.75, 3.05) is 33.4 Å². The first-order chi connectivity index (χ1) is 25.3. The van der Waals surface area contributed by atoms with Crippen molar-refractivity contribution in [3.05, 3.63) is 84.1 Å². The van der Waals surface area contributed by atoms with Gasteiger partial charge in [0.25, 0.3) is 0 Å². The lowest BCUT2D eigenvalue weighted by atomic mass is 9.73. The van der Waals surface area contributed by atoms with Crippen molar-refractivity contribution in [3.63, 3.8) is 0 Å². The van der Waals surface area contributed by atoms with Crippen molar-refractivity contribution >= 4 is 22.8 Å². The van der Waals surface area contributed by atoms with Crippen LogP contribution in [0.25, 0.3) is 10.9 Å². The third kappa shape index (κ3) is 10.9. The zero-order valence-corrected chi connectivity index (χ0v) is 32.2. The van der Waals surface area contributed by atoms with Crippen LogP contribution in [0.15, 0.2) is 67.4 Å². The Morgan fingerprint density at radius 1 is 0.942 bits per heavy atom. The summed E-state index contributed by atoms with van der Waals surface area (Å²) in [6.45, 7) is 15.4. The molecule has 0 saturated carbocycles. The molecule has 0 spiro atoms. The van der Waals surface area contributed by atoms with Crippen molar-refractivity contribution in [2.45, 2.75) is 104 Å². The molecule has 3 aliphatic rings. The Morgan fingerprint density at radius 3 is 2.06 bits per heavy atom. The molecule has 8 nitrogen and oxygen atoms in total. The molecular formula is C44H62N2O6. The predicted molar refractivity (Wildman–Crippen MR) is 209 cm³/mol. The van der Waals surface area contributed by atoms with Crippen LogP contribution in [0.2, 0.25) is 0 Å². The quantitative estimate of drug-likeness (QED) is 0.103. The molecule has 6 rings (SSSR count). The summed E-state index contributed by atoms with van der Waals surface area (Å²) in [7, 11) is 1.66. The molecule has 3 fully saturated rings. The minimum Gasteiger partial charge on any atom is -0.497 e. The fraction of sp³-hybridized carbons (Fsp3) is 0.568. The molecule has 284 valence electrons. The van der Waals surface area contributed by atoms with Gasteiger partial charge in [-0.3, -0.25) is 9.88 Å². The Labute approximate surface area is 311 Å². The second-order valence-electron chi connectivity index (χ2n) is 14.5. The summed E-state index contributed by atoms with van der Waals surface area (Å²) in [5.74, 6) is 1.85. The third-order valence-corrected chi connectivity index (χ3v) is 11.2. The summed E-state index contributed by atoms with van der Waals surface area (Å²) in [4.78, 5) is 32.0. The summed E-state index contributed by atoms with van der Waals surface area (Å²) in [6.07, 6.45) is 14.2. The van der Waals surface area contributed by atoms with E-state index in [2.05, 4.69) is 50.2 Å². The molecule has 4 heterocycles. The lowest BCUT2D eigenvalue weighted by Gasteiger charge is -2.50. The minimum absolute atomic E-state index is 0.178. The van der Waals surface area contributed by atoms with Crippen molar-refractivity contribution < 1.29 is 28.9 Å². The molecule has 3 saturated heterocycles. The number of hydrogen-bond acceptors (Lipinski definition) is 8. The van der Waals surface area contributed by atoms with E-state index < -0.39 is 18.0 Å². The molecule has 3 aliphatic heterocycles. The number of aliphatic hydroxyl groups excluding tert-OH is 1. The molecular weight excluding hydrogens is 652 g/mol. The van der Waals surface area contributed by atoms with Crippen molar-refractivity contribution in [3.8, 4) is 5.75 Å². The number of aliphatic hydroxyl groups is 1. The number of hydrogen-bond donors (Lipinski definition) is 1. The fourth-order valence-electron chi connectivity index (χ4n) is 7.62. The number of nitrogens with zero attached hydrogens (tertiary/aromatic N) is 2. The number of unbranched alkanes of at least 4 members (excludes halogenated alkanes) is 2. The highest BCUT2D eigenvalue weighted by Gasteiger charge is 2.42. The van der Waals surface area contributed by atoms with Crippen LogP contribution in [0.3, 0.4) is 0 Å². The molecule has 0 amide bonds. The van der Waals surface area contributed by atoms with Crippen molar-refractivity contribution in [1.82, 2.24) is 9.88 Å². The summed E-state index contributed by atoms with van der Waals surface area (Å²) in [6, 6.07) is 14.7. The Bertz CT molecular complexity index is 1520. The first-order valence-electron chi connectivity index (χ1n) is 19.7. The second-order valence-corrected chi connectivity index (χ2v) is 14.5. The Hall–Kier alpha value is -3.75. The molecule has 7 atom stereocenters. The van der Waals surface area contributed by atoms with Gasteiger partial charge in [-0.05, 0) is 97.9 Å². The maximum Gasteiger partial charge on any atom is 0.339 e. The van der Waals surface area contributed by atoms with E-state index >= 15 is 0 Å². The van der Waals surface area contributed by atoms with Gasteiger partial charge < -0.3 is 19.3 Å². The number of pyridine rings is 1. The van der Waals surface area contributed by atoms with Gasteiger partial charge in [0.15, 0.2) is 0 Å². The van der Waals surface area contributed by atoms with Gasteiger partial charge in [0.2, 0.25) is 0 Å². The summed E-state index contributed by atoms with van der Waals surface area (Å²) < 4.78 is 16.4. The van der Waals surface area contributed by atoms with Crippen LogP contribution in [0.1, 0.15) is 124 Å². The Kier molecular flexibility index (Phi) is 16.6. The summed E-state index contributed by atoms with van der Waals surface area (Å²) in [5, 5.41) is 12.1. The van der Waals surface area contributed by atoms with E-state index in [0.29, 0.717) is 48.0 Å². The number of benzene rings is 2. The lowest BCUT2D eigenvalue weighted by molar-refractivity contribution is -0.0444. The number of rotatable bonds is 18. The summed E-state index contributed by atoms with van der Waals surface area (Å²) >= 11 is 0. The number of esters is 2. The third-order valence-electron chi connectivity index (χ3n) is 11.2. The van der Waals surface area contributed by atoms with E-state index in [-0.39, 0.29) is 6.04 Å². The van der Waals surface area contributed by atoms with E-state index in [1.807, 2.05) is 24.3 Å². The average molecular weight is 715 g/mol. The average Bonchev–Trinajstić information content (AvgIpc) is 3.20. The molecule has 1 N–H and O–H groups in total. The second kappa shape index (κ2) is 21.1. The van der Waals surface area contributed by atoms with Gasteiger partial charge in [-0.2, -0.15) is 0 Å². The van der Waals surface area contributed by atoms with Crippen LogP contribution in [0.5, 0.6) is 5.75 Å². The summed E-state index contributed by atoms with van der Waals surface area (Å²) in [5.41, 5.74) is 2.43. The molecule has 1 aromatic heterocycles. The number of piperidine rings is 3. The van der Waals surface area contributed by atoms with Gasteiger partial charge in [0, 0.05) is 24.2 Å². The predicted octanol–water partition coefficient (Wildman–Crippen LogP) is 9.61. The van der Waals surface area contributed by atoms with Crippen LogP contribution < -0.4 is 4.74 Å².